The van der Waals surface area contributed by atoms with Gasteiger partial charge in [-0.1, -0.05) is 60.1 Å². The molecule has 5 aliphatic carbocycles. The molecule has 3 unspecified atom stereocenters. The first kappa shape index (κ1) is 32.4. The molecule has 0 amide bonds. The van der Waals surface area contributed by atoms with Gasteiger partial charge in [-0.15, -0.1) is 0 Å². The number of allylic oxidation sites excluding steroid dienone is 2. The molecule has 0 bridgehead atoms. The van der Waals surface area contributed by atoms with Gasteiger partial charge in [-0.25, -0.2) is 8.42 Å². The van der Waals surface area contributed by atoms with E-state index < -0.39 is 21.9 Å². The third kappa shape index (κ3) is 4.71. The maximum Gasteiger partial charge on any atom is 1.00 e. The minimum absolute atomic E-state index is 0. The molecule has 4 fully saturated rings. The molecule has 0 radical (unpaired) electrons. The molecular weight excluding hydrogens is 523 g/mol. The fraction of sp³-hybridized carbons (Fsp3) is 0.935. The fourth-order valence-electron chi connectivity index (χ4n) is 11.2. The Morgan fingerprint density at radius 3 is 2.23 bits per heavy atom. The number of methoxy groups -OCH3 is 1. The third-order valence-electron chi connectivity index (χ3n) is 13.7. The average Bonchev–Trinajstić information content (AvgIpc) is 2.81. The van der Waals surface area contributed by atoms with Crippen LogP contribution in [0.2, 0.25) is 0 Å². The standard InChI is InChI=1S/C31H52O6S.Na/c1-26(2)17-21-20-9-10-23-28(4)13-12-24(32)29(5,19-37-38(33,34)35)22(28)11-14-31(23,7)30(20,6)16-15-27(21,3)25(18-26)36-8;/h9,21-25,32H,10-19H2,1-8H3,(H,33,34,35);/q;+1/p-1/t21-,22?,23?,24+,25-,27-,28+,29?,30-,31-;/m1./s1. The van der Waals surface area contributed by atoms with Gasteiger partial charge in [-0.3, -0.25) is 4.18 Å². The number of hydrogen-bond acceptors (Lipinski definition) is 6. The molecule has 39 heavy (non-hydrogen) atoms. The van der Waals surface area contributed by atoms with E-state index in [4.69, 9.17) is 8.92 Å². The Balaban J connectivity index is 0.00000353. The van der Waals surface area contributed by atoms with E-state index >= 15 is 0 Å². The van der Waals surface area contributed by atoms with E-state index in [1.54, 1.807) is 5.57 Å². The van der Waals surface area contributed by atoms with Gasteiger partial charge in [0.2, 0.25) is 10.4 Å². The largest absolute Gasteiger partial charge is 1.00 e. The molecule has 5 aliphatic rings. The number of hydrogen-bond donors (Lipinski definition) is 1. The molecule has 6 nitrogen and oxygen atoms in total. The van der Waals surface area contributed by atoms with Crippen LogP contribution in [-0.4, -0.2) is 44.0 Å². The molecule has 1 N–H and O–H groups in total. The van der Waals surface area contributed by atoms with Crippen LogP contribution in [0.4, 0.5) is 0 Å². The minimum atomic E-state index is -4.82. The summed E-state index contributed by atoms with van der Waals surface area (Å²) in [6, 6.07) is 0. The molecule has 0 spiro atoms. The van der Waals surface area contributed by atoms with E-state index in [9.17, 15) is 18.1 Å². The van der Waals surface area contributed by atoms with E-state index in [1.165, 1.54) is 12.8 Å². The van der Waals surface area contributed by atoms with Crippen LogP contribution < -0.4 is 29.6 Å². The zero-order valence-electron chi connectivity index (χ0n) is 25.9. The predicted octanol–water partition coefficient (Wildman–Crippen LogP) is 3.25. The van der Waals surface area contributed by atoms with E-state index in [-0.39, 0.29) is 75.3 Å². The molecule has 0 aliphatic heterocycles. The van der Waals surface area contributed by atoms with Crippen molar-refractivity contribution in [2.24, 2.45) is 50.2 Å². The Morgan fingerprint density at radius 2 is 1.62 bits per heavy atom. The van der Waals surface area contributed by atoms with Crippen molar-refractivity contribution < 1.29 is 56.6 Å². The second kappa shape index (κ2) is 10.0. The van der Waals surface area contributed by atoms with Gasteiger partial charge in [0.05, 0.1) is 18.8 Å². The summed E-state index contributed by atoms with van der Waals surface area (Å²) in [4.78, 5) is 0. The molecule has 4 saturated carbocycles. The van der Waals surface area contributed by atoms with Crippen molar-refractivity contribution in [1.82, 2.24) is 0 Å². The van der Waals surface area contributed by atoms with Gasteiger partial charge >= 0.3 is 29.6 Å². The van der Waals surface area contributed by atoms with Crippen LogP contribution in [0.3, 0.4) is 0 Å². The zero-order valence-corrected chi connectivity index (χ0v) is 28.7. The summed E-state index contributed by atoms with van der Waals surface area (Å²) in [5, 5.41) is 11.1. The molecule has 0 aromatic rings. The van der Waals surface area contributed by atoms with Crippen molar-refractivity contribution in [3.63, 3.8) is 0 Å². The SMILES string of the molecule is CO[C@@H]1CC(C)(C)C[C@@H]2C3=CCC4[C@@]5(C)CC[C@H](O)C(C)(COS(=O)(=O)[O-])C5CC[C@@]4(C)[C@]3(C)CC[C@]21C.[Na+]. The molecule has 0 heterocycles. The van der Waals surface area contributed by atoms with Gasteiger partial charge in [0.15, 0.2) is 0 Å². The smallest absolute Gasteiger partial charge is 0.726 e. The Morgan fingerprint density at radius 1 is 0.949 bits per heavy atom. The summed E-state index contributed by atoms with van der Waals surface area (Å²) in [7, 11) is -2.92. The van der Waals surface area contributed by atoms with Gasteiger partial charge in [0, 0.05) is 17.9 Å². The first-order valence-corrected chi connectivity index (χ1v) is 16.2. The molecule has 0 saturated heterocycles. The van der Waals surface area contributed by atoms with Crippen molar-refractivity contribution in [2.45, 2.75) is 118 Å². The normalized spacial score (nSPS) is 50.8. The monoisotopic (exact) mass is 574 g/mol. The summed E-state index contributed by atoms with van der Waals surface area (Å²) < 4.78 is 45.2. The van der Waals surface area contributed by atoms with Crippen LogP contribution in [-0.2, 0) is 19.3 Å². The zero-order chi connectivity index (χ0) is 28.2. The minimum Gasteiger partial charge on any atom is -0.726 e. The molecule has 5 rings (SSSR count). The van der Waals surface area contributed by atoms with Crippen LogP contribution in [0.1, 0.15) is 106 Å². The van der Waals surface area contributed by atoms with Crippen molar-refractivity contribution in [2.75, 3.05) is 13.7 Å². The van der Waals surface area contributed by atoms with Crippen molar-refractivity contribution in [3.05, 3.63) is 11.6 Å². The van der Waals surface area contributed by atoms with Crippen molar-refractivity contribution in [3.8, 4) is 0 Å². The first-order valence-electron chi connectivity index (χ1n) is 14.9. The number of ether oxygens (including phenoxy) is 1. The summed E-state index contributed by atoms with van der Waals surface area (Å²) in [5.74, 6) is 1.04. The second-order valence-electron chi connectivity index (χ2n) is 15.9. The van der Waals surface area contributed by atoms with E-state index in [0.717, 1.165) is 38.5 Å². The molecule has 0 aromatic heterocycles. The quantitative estimate of drug-likeness (QED) is 0.240. The molecule has 10 atom stereocenters. The average molecular weight is 575 g/mol. The van der Waals surface area contributed by atoms with Crippen molar-refractivity contribution in [1.29, 1.82) is 0 Å². The number of aliphatic hydroxyl groups is 1. The van der Waals surface area contributed by atoms with Crippen LogP contribution in [0.5, 0.6) is 0 Å². The predicted molar refractivity (Wildman–Crippen MR) is 147 cm³/mol. The maximum absolute atomic E-state index is 11.4. The molecular formula is C31H51NaO6S. The molecule has 0 aromatic carbocycles. The number of aliphatic hydroxyl groups excluding tert-OH is 1. The third-order valence-corrected chi connectivity index (χ3v) is 14.1. The van der Waals surface area contributed by atoms with E-state index in [2.05, 4.69) is 47.6 Å². The Hall–Kier alpha value is 0.530. The number of rotatable bonds is 4. The summed E-state index contributed by atoms with van der Waals surface area (Å²) >= 11 is 0. The summed E-state index contributed by atoms with van der Waals surface area (Å²) in [5.41, 5.74) is 1.46. The van der Waals surface area contributed by atoms with Crippen LogP contribution in [0, 0.1) is 50.2 Å². The van der Waals surface area contributed by atoms with Crippen molar-refractivity contribution >= 4 is 10.4 Å². The fourth-order valence-corrected chi connectivity index (χ4v) is 11.6. The van der Waals surface area contributed by atoms with Crippen LogP contribution >= 0.6 is 0 Å². The molecule has 8 heteroatoms. The Bertz CT molecular complexity index is 1110. The van der Waals surface area contributed by atoms with Crippen LogP contribution in [0.25, 0.3) is 0 Å². The Labute approximate surface area is 259 Å². The summed E-state index contributed by atoms with van der Waals surface area (Å²) in [6.45, 7) is 16.5. The molecule has 218 valence electrons. The van der Waals surface area contributed by atoms with Gasteiger partial charge in [-0.05, 0) is 97.2 Å². The van der Waals surface area contributed by atoms with Gasteiger partial charge in [0.25, 0.3) is 0 Å². The van der Waals surface area contributed by atoms with Crippen LogP contribution in [0.15, 0.2) is 11.6 Å². The Kier molecular flexibility index (Phi) is 8.35. The van der Waals surface area contributed by atoms with E-state index in [0.29, 0.717) is 18.3 Å². The summed E-state index contributed by atoms with van der Waals surface area (Å²) in [6.07, 6.45) is 11.4. The topological polar surface area (TPSA) is 95.9 Å². The van der Waals surface area contributed by atoms with Gasteiger partial charge in [-0.2, -0.15) is 0 Å². The van der Waals surface area contributed by atoms with E-state index in [1.807, 2.05) is 14.0 Å². The second-order valence-corrected chi connectivity index (χ2v) is 16.9. The number of fused-ring (bicyclic) bond motifs is 7. The maximum atomic E-state index is 11.4. The van der Waals surface area contributed by atoms with Gasteiger partial charge in [0.1, 0.15) is 0 Å². The first-order chi connectivity index (χ1) is 17.4. The van der Waals surface area contributed by atoms with Gasteiger partial charge < -0.3 is 14.4 Å².